The first-order valence-electron chi connectivity index (χ1n) is 10.2. The van der Waals surface area contributed by atoms with Crippen LogP contribution in [0.1, 0.15) is 10.5 Å². The first-order chi connectivity index (χ1) is 14.7. The molecule has 0 radical (unpaired) electrons. The van der Waals surface area contributed by atoms with Gasteiger partial charge in [-0.25, -0.2) is 9.78 Å². The Morgan fingerprint density at radius 3 is 2.61 bits per heavy atom. The van der Waals surface area contributed by atoms with Crippen molar-refractivity contribution >= 4 is 25.1 Å². The molecule has 4 aromatic rings. The van der Waals surface area contributed by atoms with Gasteiger partial charge in [-0.1, -0.05) is 19.6 Å². The normalized spacial score (nSPS) is 12.0. The SMILES string of the molecule is Cn1cc(-c2cnc3c(c2)c(-c2c[nH]c(C(=O)O)c2)cn3COCC[Si](C)(C)C)cn1. The van der Waals surface area contributed by atoms with E-state index in [1.807, 2.05) is 30.2 Å². The topological polar surface area (TPSA) is 98.0 Å². The summed E-state index contributed by atoms with van der Waals surface area (Å²) in [4.78, 5) is 18.9. The molecule has 31 heavy (non-hydrogen) atoms. The van der Waals surface area contributed by atoms with E-state index in [0.29, 0.717) is 13.3 Å². The number of aryl methyl sites for hydroxylation is 1. The van der Waals surface area contributed by atoms with E-state index in [1.165, 1.54) is 0 Å². The highest BCUT2D eigenvalue weighted by molar-refractivity contribution is 6.76. The summed E-state index contributed by atoms with van der Waals surface area (Å²) in [6.07, 6.45) is 9.27. The van der Waals surface area contributed by atoms with Gasteiger partial charge >= 0.3 is 5.97 Å². The molecule has 0 aromatic carbocycles. The zero-order valence-corrected chi connectivity index (χ0v) is 19.2. The minimum absolute atomic E-state index is 0.152. The molecule has 2 N–H and O–H groups in total. The summed E-state index contributed by atoms with van der Waals surface area (Å²) in [6, 6.07) is 4.81. The molecule has 9 heteroatoms. The van der Waals surface area contributed by atoms with Crippen LogP contribution < -0.4 is 0 Å². The summed E-state index contributed by atoms with van der Waals surface area (Å²) in [5.41, 5.74) is 4.59. The standard InChI is InChI=1S/C22H27N5O3Si/c1-26-12-17(11-25-26)15-7-18-19(16-8-20(22(28)29)23-10-16)13-27(21(18)24-9-15)14-30-5-6-31(2,3)4/h7-13,23H,5-6,14H2,1-4H3,(H,28,29). The monoisotopic (exact) mass is 437 g/mol. The van der Waals surface area contributed by atoms with E-state index in [9.17, 15) is 9.90 Å². The van der Waals surface area contributed by atoms with E-state index in [-0.39, 0.29) is 5.69 Å². The lowest BCUT2D eigenvalue weighted by atomic mass is 10.1. The fourth-order valence-electron chi connectivity index (χ4n) is 3.44. The van der Waals surface area contributed by atoms with Crippen LogP contribution in [0.4, 0.5) is 0 Å². The quantitative estimate of drug-likeness (QED) is 0.314. The van der Waals surface area contributed by atoms with Crippen molar-refractivity contribution in [3.05, 3.63) is 48.8 Å². The van der Waals surface area contributed by atoms with Crippen LogP contribution in [0.25, 0.3) is 33.3 Å². The second kappa shape index (κ2) is 8.16. The molecule has 4 rings (SSSR count). The second-order valence-electron chi connectivity index (χ2n) is 8.97. The number of carboxylic acids is 1. The molecular weight excluding hydrogens is 410 g/mol. The van der Waals surface area contributed by atoms with Gasteiger partial charge in [0.25, 0.3) is 0 Å². The molecule has 4 heterocycles. The Morgan fingerprint density at radius 2 is 1.97 bits per heavy atom. The number of hydrogen-bond acceptors (Lipinski definition) is 4. The van der Waals surface area contributed by atoms with E-state index in [4.69, 9.17) is 9.72 Å². The molecule has 0 unspecified atom stereocenters. The number of aromatic nitrogens is 5. The Labute approximate surface area is 181 Å². The minimum atomic E-state index is -1.17. The highest BCUT2D eigenvalue weighted by Crippen LogP contribution is 2.33. The maximum Gasteiger partial charge on any atom is 0.352 e. The van der Waals surface area contributed by atoms with Crippen LogP contribution in [0.3, 0.4) is 0 Å². The van der Waals surface area contributed by atoms with Gasteiger partial charge in [-0.15, -0.1) is 0 Å². The van der Waals surface area contributed by atoms with E-state index >= 15 is 0 Å². The third-order valence-corrected chi connectivity index (χ3v) is 6.91. The number of fused-ring (bicyclic) bond motifs is 1. The third kappa shape index (κ3) is 4.62. The van der Waals surface area contributed by atoms with Crippen LogP contribution in [-0.4, -0.2) is 50.1 Å². The molecule has 0 spiro atoms. The van der Waals surface area contributed by atoms with Gasteiger partial charge in [0.05, 0.1) is 6.20 Å². The van der Waals surface area contributed by atoms with Gasteiger partial charge in [0, 0.05) is 74.2 Å². The zero-order valence-electron chi connectivity index (χ0n) is 18.2. The Bertz CT molecular complexity index is 1230. The Balaban J connectivity index is 1.72. The molecule has 0 aliphatic heterocycles. The van der Waals surface area contributed by atoms with E-state index < -0.39 is 14.0 Å². The van der Waals surface area contributed by atoms with Crippen molar-refractivity contribution in [2.24, 2.45) is 7.05 Å². The molecule has 0 aliphatic rings. The van der Waals surface area contributed by atoms with Crippen LogP contribution in [0.2, 0.25) is 25.7 Å². The molecule has 0 aliphatic carbocycles. The number of ether oxygens (including phenoxy) is 1. The number of pyridine rings is 1. The summed E-state index contributed by atoms with van der Waals surface area (Å²) in [5.74, 6) is -0.987. The highest BCUT2D eigenvalue weighted by atomic mass is 28.3. The maximum atomic E-state index is 11.3. The number of carbonyl (C=O) groups is 1. The predicted octanol–water partition coefficient (Wildman–Crippen LogP) is 4.44. The Morgan fingerprint density at radius 1 is 1.16 bits per heavy atom. The van der Waals surface area contributed by atoms with Crippen LogP contribution in [0, 0.1) is 0 Å². The van der Waals surface area contributed by atoms with Crippen molar-refractivity contribution in [2.75, 3.05) is 6.61 Å². The largest absolute Gasteiger partial charge is 0.477 e. The first kappa shape index (κ1) is 21.1. The van der Waals surface area contributed by atoms with Crippen LogP contribution in [0.5, 0.6) is 0 Å². The summed E-state index contributed by atoms with van der Waals surface area (Å²) in [5, 5.41) is 14.5. The molecule has 0 amide bonds. The molecule has 162 valence electrons. The van der Waals surface area contributed by atoms with Crippen molar-refractivity contribution < 1.29 is 14.6 Å². The van der Waals surface area contributed by atoms with Crippen molar-refractivity contribution in [1.29, 1.82) is 0 Å². The molecule has 8 nitrogen and oxygen atoms in total. The molecule has 0 fully saturated rings. The van der Waals surface area contributed by atoms with Gasteiger partial charge in [-0.3, -0.25) is 4.68 Å². The van der Waals surface area contributed by atoms with Crippen LogP contribution in [-0.2, 0) is 18.5 Å². The van der Waals surface area contributed by atoms with Crippen molar-refractivity contribution in [3.63, 3.8) is 0 Å². The minimum Gasteiger partial charge on any atom is -0.477 e. The van der Waals surface area contributed by atoms with E-state index in [0.717, 1.165) is 39.3 Å². The van der Waals surface area contributed by atoms with Gasteiger partial charge in [0.15, 0.2) is 0 Å². The number of H-pyrrole nitrogens is 1. The lowest BCUT2D eigenvalue weighted by molar-refractivity contribution is 0.0691. The van der Waals surface area contributed by atoms with Crippen LogP contribution >= 0.6 is 0 Å². The lowest BCUT2D eigenvalue weighted by Crippen LogP contribution is -2.22. The molecule has 0 bridgehead atoms. The van der Waals surface area contributed by atoms with Gasteiger partial charge in [0.2, 0.25) is 0 Å². The average molecular weight is 438 g/mol. The molecule has 0 saturated carbocycles. The zero-order chi connectivity index (χ0) is 22.2. The molecular formula is C22H27N5O3Si. The van der Waals surface area contributed by atoms with Gasteiger partial charge in [0.1, 0.15) is 18.1 Å². The number of nitrogens with one attached hydrogen (secondary N) is 1. The van der Waals surface area contributed by atoms with E-state index in [2.05, 4.69) is 35.8 Å². The number of carboxylic acid groups (broad SMARTS) is 1. The lowest BCUT2D eigenvalue weighted by Gasteiger charge is -2.15. The highest BCUT2D eigenvalue weighted by Gasteiger charge is 2.17. The second-order valence-corrected chi connectivity index (χ2v) is 14.6. The maximum absolute atomic E-state index is 11.3. The predicted molar refractivity (Wildman–Crippen MR) is 123 cm³/mol. The number of aromatic carboxylic acids is 1. The molecule has 4 aromatic heterocycles. The smallest absolute Gasteiger partial charge is 0.352 e. The number of rotatable bonds is 8. The number of aromatic amines is 1. The molecule has 0 atom stereocenters. The van der Waals surface area contributed by atoms with Crippen molar-refractivity contribution in [1.82, 2.24) is 24.3 Å². The van der Waals surface area contributed by atoms with E-state index in [1.54, 1.807) is 23.1 Å². The number of nitrogens with zero attached hydrogens (tertiary/aromatic N) is 4. The number of hydrogen-bond donors (Lipinski definition) is 2. The Hall–Kier alpha value is -3.17. The fraction of sp³-hybridized carbons (Fsp3) is 0.318. The summed E-state index contributed by atoms with van der Waals surface area (Å²) in [7, 11) is 0.712. The third-order valence-electron chi connectivity index (χ3n) is 5.20. The fourth-order valence-corrected chi connectivity index (χ4v) is 4.20. The average Bonchev–Trinajstić information content (AvgIpc) is 3.42. The summed E-state index contributed by atoms with van der Waals surface area (Å²) >= 11 is 0. The van der Waals surface area contributed by atoms with Crippen molar-refractivity contribution in [2.45, 2.75) is 32.4 Å². The van der Waals surface area contributed by atoms with Gasteiger partial charge < -0.3 is 19.4 Å². The summed E-state index contributed by atoms with van der Waals surface area (Å²) < 4.78 is 9.69. The molecule has 0 saturated heterocycles. The summed E-state index contributed by atoms with van der Waals surface area (Å²) in [6.45, 7) is 8.09. The van der Waals surface area contributed by atoms with Crippen LogP contribution in [0.15, 0.2) is 43.1 Å². The van der Waals surface area contributed by atoms with Crippen molar-refractivity contribution in [3.8, 4) is 22.3 Å². The first-order valence-corrected chi connectivity index (χ1v) is 13.9. The van der Waals surface area contributed by atoms with Gasteiger partial charge in [-0.05, 0) is 18.2 Å². The van der Waals surface area contributed by atoms with Gasteiger partial charge in [-0.2, -0.15) is 5.10 Å². The Kier molecular flexibility index (Phi) is 5.55.